The molecule has 1 fully saturated rings. The number of hydrogen-bond acceptors (Lipinski definition) is 4. The maximum Gasteiger partial charge on any atom is 0.413 e. The molecule has 0 radical (unpaired) electrons. The Kier molecular flexibility index (Phi) is 5.26. The lowest BCUT2D eigenvalue weighted by atomic mass is 10.0. The van der Waals surface area contributed by atoms with Crippen LogP contribution in [0, 0.1) is 5.92 Å². The van der Waals surface area contributed by atoms with Gasteiger partial charge < -0.3 is 9.47 Å². The van der Waals surface area contributed by atoms with Gasteiger partial charge in [0.15, 0.2) is 0 Å². The van der Waals surface area contributed by atoms with Gasteiger partial charge in [0, 0.05) is 5.56 Å². The van der Waals surface area contributed by atoms with E-state index >= 15 is 0 Å². The fourth-order valence-corrected chi connectivity index (χ4v) is 2.85. The van der Waals surface area contributed by atoms with Crippen molar-refractivity contribution in [2.24, 2.45) is 5.92 Å². The Balaban J connectivity index is 1.81. The second-order valence-corrected chi connectivity index (χ2v) is 6.83. The maximum absolute atomic E-state index is 12.4. The van der Waals surface area contributed by atoms with E-state index < -0.39 is 24.3 Å². The lowest BCUT2D eigenvalue weighted by molar-refractivity contribution is -0.142. The number of esters is 1. The van der Waals surface area contributed by atoms with Crippen LogP contribution >= 0.6 is 0 Å². The van der Waals surface area contributed by atoms with Gasteiger partial charge in [0.05, 0.1) is 6.61 Å². The highest BCUT2D eigenvalue weighted by atomic mass is 16.6. The molecule has 0 aliphatic carbocycles. The number of carbonyl (C=O) groups excluding carboxylic acids is 2. The van der Waals surface area contributed by atoms with Crippen LogP contribution in [0.2, 0.25) is 0 Å². The van der Waals surface area contributed by atoms with Gasteiger partial charge in [0.1, 0.15) is 6.04 Å². The van der Waals surface area contributed by atoms with Gasteiger partial charge in [0.25, 0.3) is 0 Å². The van der Waals surface area contributed by atoms with Crippen LogP contribution in [0.25, 0.3) is 11.1 Å². The summed E-state index contributed by atoms with van der Waals surface area (Å²) in [5.74, 6) is -0.208. The monoisotopic (exact) mass is 353 g/mol. The number of hydrogen-bond donors (Lipinski definition) is 0. The zero-order chi connectivity index (χ0) is 18.7. The van der Waals surface area contributed by atoms with Crippen molar-refractivity contribution in [2.45, 2.75) is 33.0 Å². The van der Waals surface area contributed by atoms with Crippen molar-refractivity contribution in [3.63, 3.8) is 0 Å². The summed E-state index contributed by atoms with van der Waals surface area (Å²) in [6, 6.07) is 17.0. The van der Waals surface area contributed by atoms with Crippen LogP contribution in [0.5, 0.6) is 0 Å². The number of amides is 1. The second-order valence-electron chi connectivity index (χ2n) is 6.83. The molecule has 1 aliphatic heterocycles. The van der Waals surface area contributed by atoms with Crippen LogP contribution in [0.3, 0.4) is 0 Å². The molecule has 5 heteroatoms. The molecular weight excluding hydrogens is 330 g/mol. The van der Waals surface area contributed by atoms with Gasteiger partial charge in [-0.1, -0.05) is 68.4 Å². The summed E-state index contributed by atoms with van der Waals surface area (Å²) >= 11 is 0. The largest absolute Gasteiger partial charge is 0.449 e. The second kappa shape index (κ2) is 7.60. The van der Waals surface area contributed by atoms with Crippen molar-refractivity contribution >= 4 is 12.1 Å². The average molecular weight is 353 g/mol. The van der Waals surface area contributed by atoms with E-state index in [2.05, 4.69) is 0 Å². The Morgan fingerprint density at radius 1 is 1.08 bits per heavy atom. The minimum Gasteiger partial charge on any atom is -0.449 e. The SMILES string of the molecule is CC(C)COC(=O)N1[C@@H](C)C(=O)O[C@H]1c1ccc(-c2ccccc2)cc1. The Hall–Kier alpha value is -2.82. The van der Waals surface area contributed by atoms with E-state index in [-0.39, 0.29) is 5.92 Å². The van der Waals surface area contributed by atoms with E-state index in [9.17, 15) is 9.59 Å². The average Bonchev–Trinajstić information content (AvgIpc) is 2.95. The highest BCUT2D eigenvalue weighted by Gasteiger charge is 2.44. The molecule has 1 heterocycles. The standard InChI is InChI=1S/C21H23NO4/c1-14(2)13-25-21(24)22-15(3)20(23)26-19(22)18-11-9-17(10-12-18)16-7-5-4-6-8-16/h4-12,14-15,19H,13H2,1-3H3/t15-,19-/m0/s1. The zero-order valence-corrected chi connectivity index (χ0v) is 15.2. The molecule has 2 atom stereocenters. The summed E-state index contributed by atoms with van der Waals surface area (Å²) < 4.78 is 10.7. The first kappa shape index (κ1) is 18.0. The molecule has 2 aromatic carbocycles. The van der Waals surface area contributed by atoms with Crippen molar-refractivity contribution in [3.05, 3.63) is 60.2 Å². The number of rotatable bonds is 4. The molecule has 26 heavy (non-hydrogen) atoms. The molecule has 136 valence electrons. The quantitative estimate of drug-likeness (QED) is 0.765. The van der Waals surface area contributed by atoms with Crippen molar-refractivity contribution in [1.29, 1.82) is 0 Å². The molecule has 2 aromatic rings. The van der Waals surface area contributed by atoms with Gasteiger partial charge in [0.2, 0.25) is 6.23 Å². The first-order valence-corrected chi connectivity index (χ1v) is 8.78. The summed E-state index contributed by atoms with van der Waals surface area (Å²) in [7, 11) is 0. The van der Waals surface area contributed by atoms with Crippen molar-refractivity contribution in [1.82, 2.24) is 4.90 Å². The van der Waals surface area contributed by atoms with E-state index in [1.54, 1.807) is 6.92 Å². The summed E-state index contributed by atoms with van der Waals surface area (Å²) in [6.07, 6.45) is -1.30. The molecule has 1 saturated heterocycles. The third-order valence-electron chi connectivity index (χ3n) is 4.29. The molecule has 0 saturated carbocycles. The van der Waals surface area contributed by atoms with E-state index in [4.69, 9.17) is 9.47 Å². The highest BCUT2D eigenvalue weighted by molar-refractivity contribution is 5.84. The molecule has 1 amide bonds. The third kappa shape index (κ3) is 3.72. The fourth-order valence-electron chi connectivity index (χ4n) is 2.85. The number of cyclic esters (lactones) is 1. The predicted octanol–water partition coefficient (Wildman–Crippen LogP) is 4.39. The van der Waals surface area contributed by atoms with Crippen molar-refractivity contribution < 1.29 is 19.1 Å². The van der Waals surface area contributed by atoms with Gasteiger partial charge in [-0.2, -0.15) is 0 Å². The lowest BCUT2D eigenvalue weighted by Gasteiger charge is -2.24. The fraction of sp³-hybridized carbons (Fsp3) is 0.333. The van der Waals surface area contributed by atoms with Crippen LogP contribution in [-0.2, 0) is 14.3 Å². The summed E-state index contributed by atoms with van der Waals surface area (Å²) in [5, 5.41) is 0. The Labute approximate surface area is 153 Å². The van der Waals surface area contributed by atoms with Crippen LogP contribution < -0.4 is 0 Å². The van der Waals surface area contributed by atoms with Crippen LogP contribution in [0.4, 0.5) is 4.79 Å². The van der Waals surface area contributed by atoms with Crippen molar-refractivity contribution in [2.75, 3.05) is 6.61 Å². The lowest BCUT2D eigenvalue weighted by Crippen LogP contribution is -2.38. The smallest absolute Gasteiger partial charge is 0.413 e. The van der Waals surface area contributed by atoms with Gasteiger partial charge in [-0.3, -0.25) is 4.90 Å². The third-order valence-corrected chi connectivity index (χ3v) is 4.29. The van der Waals surface area contributed by atoms with E-state index in [0.717, 1.165) is 16.7 Å². The molecule has 3 rings (SSSR count). The van der Waals surface area contributed by atoms with E-state index in [1.165, 1.54) is 4.90 Å². The van der Waals surface area contributed by atoms with Crippen LogP contribution in [0.15, 0.2) is 54.6 Å². The number of ether oxygens (including phenoxy) is 2. The molecule has 0 N–H and O–H groups in total. The molecule has 0 bridgehead atoms. The minimum atomic E-state index is -0.762. The van der Waals surface area contributed by atoms with Crippen LogP contribution in [-0.4, -0.2) is 29.6 Å². The summed E-state index contributed by atoms with van der Waals surface area (Å²) in [4.78, 5) is 25.8. The Morgan fingerprint density at radius 2 is 1.69 bits per heavy atom. The van der Waals surface area contributed by atoms with E-state index in [1.807, 2.05) is 68.4 Å². The number of carbonyl (C=O) groups is 2. The van der Waals surface area contributed by atoms with Gasteiger partial charge in [-0.05, 0) is 24.0 Å². The topological polar surface area (TPSA) is 55.8 Å². The predicted molar refractivity (Wildman–Crippen MR) is 98.2 cm³/mol. The number of benzene rings is 2. The molecular formula is C21H23NO4. The Morgan fingerprint density at radius 3 is 2.31 bits per heavy atom. The normalized spacial score (nSPS) is 19.5. The first-order chi connectivity index (χ1) is 12.5. The molecule has 0 aromatic heterocycles. The Bertz CT molecular complexity index is 770. The first-order valence-electron chi connectivity index (χ1n) is 8.78. The van der Waals surface area contributed by atoms with Crippen molar-refractivity contribution in [3.8, 4) is 11.1 Å². The van der Waals surface area contributed by atoms with Gasteiger partial charge in [-0.15, -0.1) is 0 Å². The maximum atomic E-state index is 12.4. The summed E-state index contributed by atoms with van der Waals surface area (Å²) in [6.45, 7) is 5.87. The number of nitrogens with zero attached hydrogens (tertiary/aromatic N) is 1. The molecule has 1 aliphatic rings. The van der Waals surface area contributed by atoms with Gasteiger partial charge >= 0.3 is 12.1 Å². The summed E-state index contributed by atoms with van der Waals surface area (Å²) in [5.41, 5.74) is 2.90. The molecule has 5 nitrogen and oxygen atoms in total. The zero-order valence-electron chi connectivity index (χ0n) is 15.2. The van der Waals surface area contributed by atoms with Crippen LogP contribution in [0.1, 0.15) is 32.6 Å². The van der Waals surface area contributed by atoms with E-state index in [0.29, 0.717) is 6.61 Å². The van der Waals surface area contributed by atoms with Gasteiger partial charge in [-0.25, -0.2) is 9.59 Å². The minimum absolute atomic E-state index is 0.220. The molecule has 0 unspecified atom stereocenters. The molecule has 0 spiro atoms. The highest BCUT2D eigenvalue weighted by Crippen LogP contribution is 2.33.